The molecule has 0 aliphatic heterocycles. The van der Waals surface area contributed by atoms with Gasteiger partial charge in [-0.15, -0.1) is 0 Å². The summed E-state index contributed by atoms with van der Waals surface area (Å²) in [4.78, 5) is 24.3. The molecule has 0 unspecified atom stereocenters. The third-order valence-electron chi connectivity index (χ3n) is 3.65. The number of methoxy groups -OCH3 is 2. The van der Waals surface area contributed by atoms with E-state index in [0.717, 1.165) is 0 Å². The van der Waals surface area contributed by atoms with Crippen molar-refractivity contribution in [2.75, 3.05) is 19.5 Å². The number of halogens is 1. The molecule has 0 aliphatic carbocycles. The van der Waals surface area contributed by atoms with E-state index in [4.69, 9.17) is 21.1 Å². The molecule has 0 fully saturated rings. The number of benzene rings is 2. The number of phenolic OH excluding ortho intramolecular Hbond substituents is 1. The third-order valence-corrected chi connectivity index (χ3v) is 3.88. The second-order valence-corrected chi connectivity index (χ2v) is 6.18. The van der Waals surface area contributed by atoms with Crippen LogP contribution >= 0.6 is 11.6 Å². The summed E-state index contributed by atoms with van der Waals surface area (Å²) in [6, 6.07) is 9.10. The largest absolute Gasteiger partial charge is 0.507 e. The lowest BCUT2D eigenvalue weighted by atomic mass is 10.2. The smallest absolute Gasteiger partial charge is 0.275 e. The highest BCUT2D eigenvalue weighted by Crippen LogP contribution is 2.29. The Labute approximate surface area is 167 Å². The van der Waals surface area contributed by atoms with Gasteiger partial charge in [0.1, 0.15) is 17.2 Å². The number of phenols is 1. The lowest BCUT2D eigenvalue weighted by molar-refractivity contribution is -0.115. The minimum absolute atomic E-state index is 0.0189. The van der Waals surface area contributed by atoms with Crippen LogP contribution in [0.3, 0.4) is 0 Å². The number of amides is 2. The van der Waals surface area contributed by atoms with Gasteiger partial charge in [0.25, 0.3) is 5.91 Å². The molecule has 8 nitrogen and oxygen atoms in total. The number of hydrazone groups is 1. The van der Waals surface area contributed by atoms with Crippen LogP contribution in [0.5, 0.6) is 17.2 Å². The maximum atomic E-state index is 12.2. The first kappa shape index (κ1) is 21.0. The van der Waals surface area contributed by atoms with Gasteiger partial charge in [-0.2, -0.15) is 5.10 Å². The fourth-order valence-electron chi connectivity index (χ4n) is 2.27. The number of ether oxygens (including phenoxy) is 2. The van der Waals surface area contributed by atoms with Crippen LogP contribution < -0.4 is 20.2 Å². The Morgan fingerprint density at radius 3 is 2.57 bits per heavy atom. The molecule has 0 aromatic heterocycles. The molecular weight excluding hydrogens is 386 g/mol. The van der Waals surface area contributed by atoms with E-state index in [1.54, 1.807) is 25.1 Å². The van der Waals surface area contributed by atoms with Gasteiger partial charge in [-0.25, -0.2) is 5.43 Å². The van der Waals surface area contributed by atoms with Gasteiger partial charge in [0, 0.05) is 16.8 Å². The normalized spacial score (nSPS) is 10.9. The number of hydrogen-bond acceptors (Lipinski definition) is 6. The predicted molar refractivity (Wildman–Crippen MR) is 106 cm³/mol. The monoisotopic (exact) mass is 405 g/mol. The number of nitrogens with zero attached hydrogens (tertiary/aromatic N) is 1. The Kier molecular flexibility index (Phi) is 7.22. The van der Waals surface area contributed by atoms with Gasteiger partial charge >= 0.3 is 0 Å². The topological polar surface area (TPSA) is 109 Å². The van der Waals surface area contributed by atoms with Crippen molar-refractivity contribution >= 4 is 34.8 Å². The second kappa shape index (κ2) is 9.61. The van der Waals surface area contributed by atoms with Gasteiger partial charge in [0.15, 0.2) is 0 Å². The molecule has 28 heavy (non-hydrogen) atoms. The fourth-order valence-corrected chi connectivity index (χ4v) is 2.45. The van der Waals surface area contributed by atoms with E-state index in [-0.39, 0.29) is 23.6 Å². The molecule has 9 heteroatoms. The summed E-state index contributed by atoms with van der Waals surface area (Å²) in [6.07, 6.45) is -0.0673. The molecule has 2 aromatic rings. The highest BCUT2D eigenvalue weighted by molar-refractivity contribution is 6.31. The van der Waals surface area contributed by atoms with E-state index in [1.807, 2.05) is 0 Å². The fraction of sp³-hybridized carbons (Fsp3) is 0.211. The Morgan fingerprint density at radius 1 is 1.14 bits per heavy atom. The first-order valence-electron chi connectivity index (χ1n) is 8.18. The molecule has 3 N–H and O–H groups in total. The highest BCUT2D eigenvalue weighted by Gasteiger charge is 2.13. The highest BCUT2D eigenvalue weighted by atomic mass is 35.5. The molecule has 0 saturated carbocycles. The molecule has 2 amide bonds. The van der Waals surface area contributed by atoms with Crippen molar-refractivity contribution in [3.63, 3.8) is 0 Å². The van der Waals surface area contributed by atoms with Gasteiger partial charge in [-0.3, -0.25) is 9.59 Å². The number of aromatic hydroxyl groups is 1. The zero-order chi connectivity index (χ0) is 20.7. The van der Waals surface area contributed by atoms with E-state index >= 15 is 0 Å². The molecule has 0 spiro atoms. The zero-order valence-electron chi connectivity index (χ0n) is 15.6. The maximum Gasteiger partial charge on any atom is 0.275 e. The quantitative estimate of drug-likeness (QED) is 0.484. The van der Waals surface area contributed by atoms with E-state index in [0.29, 0.717) is 27.9 Å². The summed E-state index contributed by atoms with van der Waals surface area (Å²) in [5, 5.41) is 16.6. The van der Waals surface area contributed by atoms with E-state index in [2.05, 4.69) is 15.8 Å². The average molecular weight is 406 g/mol. The zero-order valence-corrected chi connectivity index (χ0v) is 16.3. The number of rotatable bonds is 7. The van der Waals surface area contributed by atoms with Crippen LogP contribution in [0.1, 0.15) is 23.7 Å². The Balaban J connectivity index is 2.00. The summed E-state index contributed by atoms with van der Waals surface area (Å²) in [7, 11) is 3.01. The molecule has 2 aromatic carbocycles. The molecule has 0 radical (unpaired) electrons. The summed E-state index contributed by atoms with van der Waals surface area (Å²) in [5.41, 5.74) is 3.07. The maximum absolute atomic E-state index is 12.2. The Morgan fingerprint density at radius 2 is 1.89 bits per heavy atom. The van der Waals surface area contributed by atoms with Gasteiger partial charge in [0.05, 0.1) is 31.9 Å². The molecule has 0 aliphatic rings. The van der Waals surface area contributed by atoms with Crippen LogP contribution in [0.4, 0.5) is 5.69 Å². The van der Waals surface area contributed by atoms with Crippen molar-refractivity contribution in [3.8, 4) is 17.2 Å². The molecule has 2 rings (SSSR count). The van der Waals surface area contributed by atoms with E-state index < -0.39 is 5.91 Å². The SMILES string of the molecule is COc1ccc(OC)c(NC(=O)C/C(C)=N\NC(=O)c2cc(Cl)ccc2O)c1. The predicted octanol–water partition coefficient (Wildman–Crippen LogP) is 3.20. The average Bonchev–Trinajstić information content (AvgIpc) is 2.67. The van der Waals surface area contributed by atoms with Crippen LogP contribution in [0.25, 0.3) is 0 Å². The van der Waals surface area contributed by atoms with Crippen LogP contribution in [0.2, 0.25) is 5.02 Å². The van der Waals surface area contributed by atoms with Crippen molar-refractivity contribution in [2.24, 2.45) is 5.10 Å². The second-order valence-electron chi connectivity index (χ2n) is 5.74. The molecule has 0 saturated heterocycles. The van der Waals surface area contributed by atoms with E-state index in [9.17, 15) is 14.7 Å². The van der Waals surface area contributed by atoms with Gasteiger partial charge < -0.3 is 19.9 Å². The number of nitrogens with one attached hydrogen (secondary N) is 2. The van der Waals surface area contributed by atoms with Crippen LogP contribution in [-0.4, -0.2) is 36.9 Å². The third kappa shape index (κ3) is 5.62. The Hall–Kier alpha value is -3.26. The Bertz CT molecular complexity index is 914. The van der Waals surface area contributed by atoms with Crippen molar-refractivity contribution in [3.05, 3.63) is 47.0 Å². The van der Waals surface area contributed by atoms with Crippen molar-refractivity contribution in [2.45, 2.75) is 13.3 Å². The summed E-state index contributed by atoms with van der Waals surface area (Å²) in [6.45, 7) is 1.58. The number of carbonyl (C=O) groups excluding carboxylic acids is 2. The van der Waals surface area contributed by atoms with Gasteiger partial charge in [0.2, 0.25) is 5.91 Å². The first-order valence-corrected chi connectivity index (χ1v) is 8.55. The first-order chi connectivity index (χ1) is 13.3. The van der Waals surface area contributed by atoms with Crippen LogP contribution in [0.15, 0.2) is 41.5 Å². The van der Waals surface area contributed by atoms with Gasteiger partial charge in [-0.05, 0) is 37.3 Å². The molecule has 0 heterocycles. The number of anilines is 1. The molecule has 148 valence electrons. The molecular formula is C19H20ClN3O5. The van der Waals surface area contributed by atoms with Crippen molar-refractivity contribution in [1.82, 2.24) is 5.43 Å². The molecule has 0 bridgehead atoms. The number of carbonyl (C=O) groups is 2. The minimum Gasteiger partial charge on any atom is -0.507 e. The molecule has 0 atom stereocenters. The number of hydrogen-bond donors (Lipinski definition) is 3. The van der Waals surface area contributed by atoms with E-state index in [1.165, 1.54) is 32.4 Å². The lowest BCUT2D eigenvalue weighted by Crippen LogP contribution is -2.21. The van der Waals surface area contributed by atoms with Crippen molar-refractivity contribution in [1.29, 1.82) is 0 Å². The summed E-state index contributed by atoms with van der Waals surface area (Å²) >= 11 is 5.82. The summed E-state index contributed by atoms with van der Waals surface area (Å²) in [5.74, 6) is -0.178. The van der Waals surface area contributed by atoms with Crippen LogP contribution in [0, 0.1) is 0 Å². The standard InChI is InChI=1S/C19H20ClN3O5/c1-11(22-23-19(26)14-9-12(20)4-6-16(14)24)8-18(25)21-15-10-13(27-2)5-7-17(15)28-3/h4-7,9-10,24H,8H2,1-3H3,(H,21,25)(H,23,26)/b22-11-. The van der Waals surface area contributed by atoms with Crippen LogP contribution in [-0.2, 0) is 4.79 Å². The summed E-state index contributed by atoms with van der Waals surface area (Å²) < 4.78 is 10.3. The van der Waals surface area contributed by atoms with Gasteiger partial charge in [-0.1, -0.05) is 11.6 Å². The minimum atomic E-state index is -0.644. The van der Waals surface area contributed by atoms with Crippen molar-refractivity contribution < 1.29 is 24.2 Å². The lowest BCUT2D eigenvalue weighted by Gasteiger charge is -2.11.